The molecule has 0 atom stereocenters. The lowest BCUT2D eigenvalue weighted by Gasteiger charge is -2.20. The van der Waals surface area contributed by atoms with Crippen LogP contribution in [0, 0.1) is 0 Å². The molecule has 0 saturated heterocycles. The summed E-state index contributed by atoms with van der Waals surface area (Å²) in [6.07, 6.45) is 2.42. The largest absolute Gasteiger partial charge is 0.330 e. The fraction of sp³-hybridized carbons (Fsp3) is 0.636. The molecule has 2 heteroatoms. The zero-order valence-corrected chi connectivity index (χ0v) is 9.58. The molecule has 0 aliphatic heterocycles. The Morgan fingerprint density at radius 3 is 2.62 bits per heavy atom. The molecular weight excluding hydrogens is 178 g/mol. The van der Waals surface area contributed by atoms with Crippen molar-refractivity contribution >= 4 is 11.3 Å². The van der Waals surface area contributed by atoms with E-state index in [4.69, 9.17) is 5.73 Å². The fourth-order valence-corrected chi connectivity index (χ4v) is 2.44. The molecule has 0 aliphatic rings. The molecule has 1 rings (SSSR count). The van der Waals surface area contributed by atoms with E-state index in [2.05, 4.69) is 32.9 Å². The Morgan fingerprint density at radius 1 is 1.38 bits per heavy atom. The highest BCUT2D eigenvalue weighted by Crippen LogP contribution is 2.29. The first-order valence-electron chi connectivity index (χ1n) is 4.89. The maximum absolute atomic E-state index is 5.73. The maximum atomic E-state index is 5.73. The third-order valence-corrected chi connectivity index (χ3v) is 3.85. The normalized spacial score (nSPS) is 12.0. The monoisotopic (exact) mass is 197 g/mol. The van der Waals surface area contributed by atoms with E-state index in [0.29, 0.717) is 0 Å². The molecule has 0 fully saturated rings. The van der Waals surface area contributed by atoms with Crippen LogP contribution in [-0.4, -0.2) is 6.54 Å². The third-order valence-electron chi connectivity index (χ3n) is 2.34. The number of hydrogen-bond acceptors (Lipinski definition) is 2. The van der Waals surface area contributed by atoms with Crippen LogP contribution < -0.4 is 5.73 Å². The molecule has 1 heterocycles. The van der Waals surface area contributed by atoms with Crippen molar-refractivity contribution in [2.75, 3.05) is 6.54 Å². The standard InChI is InChI=1S/C11H19NS/c1-4-5-9-6-7-10(13-9)11(2,3)8-12/h6-7H,4-5,8,12H2,1-3H3. The zero-order chi connectivity index (χ0) is 9.90. The van der Waals surface area contributed by atoms with Gasteiger partial charge in [-0.15, -0.1) is 11.3 Å². The minimum Gasteiger partial charge on any atom is -0.330 e. The van der Waals surface area contributed by atoms with Crippen molar-refractivity contribution in [3.63, 3.8) is 0 Å². The Morgan fingerprint density at radius 2 is 2.08 bits per heavy atom. The van der Waals surface area contributed by atoms with Crippen molar-refractivity contribution < 1.29 is 0 Å². The van der Waals surface area contributed by atoms with Crippen molar-refractivity contribution in [1.29, 1.82) is 0 Å². The number of thiophene rings is 1. The van der Waals surface area contributed by atoms with Gasteiger partial charge in [-0.25, -0.2) is 0 Å². The molecule has 1 aromatic rings. The summed E-state index contributed by atoms with van der Waals surface area (Å²) in [6, 6.07) is 4.46. The molecule has 2 N–H and O–H groups in total. The van der Waals surface area contributed by atoms with Crippen LogP contribution >= 0.6 is 11.3 Å². The van der Waals surface area contributed by atoms with Crippen LogP contribution in [0.5, 0.6) is 0 Å². The predicted octanol–water partition coefficient (Wildman–Crippen LogP) is 2.94. The lowest BCUT2D eigenvalue weighted by Crippen LogP contribution is -2.26. The Hall–Kier alpha value is -0.340. The highest BCUT2D eigenvalue weighted by atomic mass is 32.1. The number of nitrogens with two attached hydrogens (primary N) is 1. The predicted molar refractivity (Wildman–Crippen MR) is 60.4 cm³/mol. The second kappa shape index (κ2) is 4.25. The molecule has 0 spiro atoms. The quantitative estimate of drug-likeness (QED) is 0.789. The third kappa shape index (κ3) is 2.55. The van der Waals surface area contributed by atoms with Crippen LogP contribution in [0.3, 0.4) is 0 Å². The highest BCUT2D eigenvalue weighted by molar-refractivity contribution is 7.12. The molecule has 0 aliphatic carbocycles. The average molecular weight is 197 g/mol. The van der Waals surface area contributed by atoms with Crippen molar-refractivity contribution in [2.24, 2.45) is 5.73 Å². The second-order valence-corrected chi connectivity index (χ2v) is 5.27. The van der Waals surface area contributed by atoms with E-state index in [1.165, 1.54) is 22.6 Å². The summed E-state index contributed by atoms with van der Waals surface area (Å²) in [6.45, 7) is 7.34. The van der Waals surface area contributed by atoms with Crippen LogP contribution in [0.4, 0.5) is 0 Å². The first-order chi connectivity index (χ1) is 6.10. The van der Waals surface area contributed by atoms with E-state index < -0.39 is 0 Å². The van der Waals surface area contributed by atoms with Gasteiger partial charge in [0.25, 0.3) is 0 Å². The molecule has 13 heavy (non-hydrogen) atoms. The van der Waals surface area contributed by atoms with Crippen LogP contribution in [0.1, 0.15) is 36.9 Å². The van der Waals surface area contributed by atoms with Gasteiger partial charge in [-0.3, -0.25) is 0 Å². The summed E-state index contributed by atoms with van der Waals surface area (Å²) in [7, 11) is 0. The van der Waals surface area contributed by atoms with Crippen molar-refractivity contribution in [3.05, 3.63) is 21.9 Å². The van der Waals surface area contributed by atoms with Crippen molar-refractivity contribution in [2.45, 2.75) is 39.0 Å². The summed E-state index contributed by atoms with van der Waals surface area (Å²) in [5.41, 5.74) is 5.88. The summed E-state index contributed by atoms with van der Waals surface area (Å²) in [5.74, 6) is 0. The average Bonchev–Trinajstić information content (AvgIpc) is 2.54. The maximum Gasteiger partial charge on any atom is 0.0117 e. The van der Waals surface area contributed by atoms with Gasteiger partial charge in [-0.1, -0.05) is 27.2 Å². The van der Waals surface area contributed by atoms with E-state index in [-0.39, 0.29) is 5.41 Å². The van der Waals surface area contributed by atoms with Crippen LogP contribution in [0.15, 0.2) is 12.1 Å². The van der Waals surface area contributed by atoms with Crippen molar-refractivity contribution in [1.82, 2.24) is 0 Å². The minimum atomic E-state index is 0.149. The first-order valence-corrected chi connectivity index (χ1v) is 5.71. The van der Waals surface area contributed by atoms with Gasteiger partial charge in [0.1, 0.15) is 0 Å². The van der Waals surface area contributed by atoms with Gasteiger partial charge in [0.05, 0.1) is 0 Å². The van der Waals surface area contributed by atoms with E-state index in [1.807, 2.05) is 11.3 Å². The van der Waals surface area contributed by atoms with Crippen LogP contribution in [0.2, 0.25) is 0 Å². The van der Waals surface area contributed by atoms with Gasteiger partial charge in [0.15, 0.2) is 0 Å². The molecule has 0 amide bonds. The number of rotatable bonds is 4. The van der Waals surface area contributed by atoms with Gasteiger partial charge in [0, 0.05) is 21.7 Å². The molecule has 0 bridgehead atoms. The van der Waals surface area contributed by atoms with Gasteiger partial charge in [-0.05, 0) is 18.6 Å². The molecule has 0 aromatic carbocycles. The summed E-state index contributed by atoms with van der Waals surface area (Å²) >= 11 is 1.91. The number of aryl methyl sites for hydroxylation is 1. The molecule has 0 saturated carbocycles. The van der Waals surface area contributed by atoms with Gasteiger partial charge in [0.2, 0.25) is 0 Å². The Kier molecular flexibility index (Phi) is 3.51. The van der Waals surface area contributed by atoms with Gasteiger partial charge in [-0.2, -0.15) is 0 Å². The van der Waals surface area contributed by atoms with E-state index in [1.54, 1.807) is 0 Å². The van der Waals surface area contributed by atoms with E-state index >= 15 is 0 Å². The molecule has 0 radical (unpaired) electrons. The smallest absolute Gasteiger partial charge is 0.0117 e. The van der Waals surface area contributed by atoms with Crippen LogP contribution in [0.25, 0.3) is 0 Å². The van der Waals surface area contributed by atoms with E-state index in [9.17, 15) is 0 Å². The zero-order valence-electron chi connectivity index (χ0n) is 8.76. The van der Waals surface area contributed by atoms with Crippen molar-refractivity contribution in [3.8, 4) is 0 Å². The minimum absolute atomic E-state index is 0.149. The fourth-order valence-electron chi connectivity index (χ4n) is 1.22. The lowest BCUT2D eigenvalue weighted by atomic mass is 9.92. The Balaban J connectivity index is 2.79. The molecular formula is C11H19NS. The summed E-state index contributed by atoms with van der Waals surface area (Å²) < 4.78 is 0. The second-order valence-electron chi connectivity index (χ2n) is 4.10. The topological polar surface area (TPSA) is 26.0 Å². The summed E-state index contributed by atoms with van der Waals surface area (Å²) in [4.78, 5) is 2.90. The molecule has 74 valence electrons. The van der Waals surface area contributed by atoms with Crippen LogP contribution in [-0.2, 0) is 11.8 Å². The van der Waals surface area contributed by atoms with E-state index in [0.717, 1.165) is 6.54 Å². The molecule has 0 unspecified atom stereocenters. The number of hydrogen-bond donors (Lipinski definition) is 1. The first kappa shape index (κ1) is 10.7. The summed E-state index contributed by atoms with van der Waals surface area (Å²) in [5, 5.41) is 0. The Labute approximate surface area is 85.0 Å². The SMILES string of the molecule is CCCc1ccc(C(C)(C)CN)s1. The molecule has 1 nitrogen and oxygen atoms in total. The van der Waals surface area contributed by atoms with Gasteiger partial charge >= 0.3 is 0 Å². The Bertz CT molecular complexity index is 263. The lowest BCUT2D eigenvalue weighted by molar-refractivity contribution is 0.550. The molecule has 1 aromatic heterocycles. The van der Waals surface area contributed by atoms with Gasteiger partial charge < -0.3 is 5.73 Å². The highest BCUT2D eigenvalue weighted by Gasteiger charge is 2.20.